The van der Waals surface area contributed by atoms with Gasteiger partial charge in [-0.05, 0) is 18.8 Å². The van der Waals surface area contributed by atoms with E-state index in [9.17, 15) is 9.59 Å². The zero-order valence-corrected chi connectivity index (χ0v) is 12.5. The minimum Gasteiger partial charge on any atom is -0.481 e. The number of amides is 2. The molecular formula is C14H24N2O5. The summed E-state index contributed by atoms with van der Waals surface area (Å²) in [5.74, 6) is -0.363. The second kappa shape index (κ2) is 7.61. The lowest BCUT2D eigenvalue weighted by molar-refractivity contribution is -0.141. The van der Waals surface area contributed by atoms with E-state index in [0.717, 1.165) is 32.5 Å². The molecule has 2 amide bonds. The minimum atomic E-state index is -0.894. The van der Waals surface area contributed by atoms with Crippen molar-refractivity contribution in [2.24, 2.45) is 5.92 Å². The molecule has 0 saturated carbocycles. The van der Waals surface area contributed by atoms with Crippen molar-refractivity contribution in [1.29, 1.82) is 0 Å². The van der Waals surface area contributed by atoms with Crippen LogP contribution in [0.15, 0.2) is 0 Å². The van der Waals surface area contributed by atoms with Crippen molar-refractivity contribution in [2.45, 2.75) is 25.4 Å². The molecule has 0 spiro atoms. The van der Waals surface area contributed by atoms with Crippen molar-refractivity contribution >= 4 is 12.0 Å². The normalized spacial score (nSPS) is 24.1. The fourth-order valence-corrected chi connectivity index (χ4v) is 2.94. The SMILES string of the molecule is COCC1CCN(C(=O)N2CCOC(CC(=O)O)C2)CC1. The Balaban J connectivity index is 1.81. The van der Waals surface area contributed by atoms with Crippen LogP contribution in [0.3, 0.4) is 0 Å². The number of hydrogen-bond acceptors (Lipinski definition) is 4. The number of carboxylic acid groups (broad SMARTS) is 1. The number of urea groups is 1. The summed E-state index contributed by atoms with van der Waals surface area (Å²) in [6.07, 6.45) is 1.47. The van der Waals surface area contributed by atoms with E-state index in [1.54, 1.807) is 12.0 Å². The maximum absolute atomic E-state index is 12.5. The number of nitrogens with zero attached hydrogens (tertiary/aromatic N) is 2. The first-order valence-corrected chi connectivity index (χ1v) is 7.46. The highest BCUT2D eigenvalue weighted by molar-refractivity contribution is 5.75. The molecule has 1 unspecified atom stereocenters. The summed E-state index contributed by atoms with van der Waals surface area (Å²) in [5.41, 5.74) is 0. The highest BCUT2D eigenvalue weighted by atomic mass is 16.5. The molecule has 0 aromatic carbocycles. The zero-order valence-electron chi connectivity index (χ0n) is 12.5. The van der Waals surface area contributed by atoms with Crippen LogP contribution < -0.4 is 0 Å². The van der Waals surface area contributed by atoms with Crippen molar-refractivity contribution < 1.29 is 24.2 Å². The standard InChI is InChI=1S/C14H24N2O5/c1-20-10-11-2-4-15(5-3-11)14(19)16-6-7-21-12(9-16)8-13(17)18/h11-12H,2-10H2,1H3,(H,17,18). The van der Waals surface area contributed by atoms with Gasteiger partial charge in [-0.25, -0.2) is 4.79 Å². The molecule has 2 rings (SSSR count). The number of aliphatic carboxylic acids is 1. The first-order valence-electron chi connectivity index (χ1n) is 7.46. The number of hydrogen-bond donors (Lipinski definition) is 1. The third-order valence-electron chi connectivity index (χ3n) is 4.10. The summed E-state index contributed by atoms with van der Waals surface area (Å²) in [6, 6.07) is 0.00422. The van der Waals surface area contributed by atoms with Crippen LogP contribution in [-0.2, 0) is 14.3 Å². The van der Waals surface area contributed by atoms with Gasteiger partial charge in [-0.3, -0.25) is 4.79 Å². The van der Waals surface area contributed by atoms with Gasteiger partial charge in [0.15, 0.2) is 0 Å². The van der Waals surface area contributed by atoms with Crippen molar-refractivity contribution in [2.75, 3.05) is 46.5 Å². The Kier molecular flexibility index (Phi) is 5.81. The van der Waals surface area contributed by atoms with Crippen molar-refractivity contribution in [3.05, 3.63) is 0 Å². The summed E-state index contributed by atoms with van der Waals surface area (Å²) >= 11 is 0. The number of methoxy groups -OCH3 is 1. The van der Waals surface area contributed by atoms with Gasteiger partial charge in [-0.2, -0.15) is 0 Å². The smallest absolute Gasteiger partial charge is 0.320 e. The molecule has 2 saturated heterocycles. The average Bonchev–Trinajstić information content (AvgIpc) is 2.47. The van der Waals surface area contributed by atoms with Crippen LogP contribution in [0.2, 0.25) is 0 Å². The van der Waals surface area contributed by atoms with Gasteiger partial charge < -0.3 is 24.4 Å². The summed E-state index contributed by atoms with van der Waals surface area (Å²) in [5, 5.41) is 8.81. The average molecular weight is 300 g/mol. The predicted octanol–water partition coefficient (Wildman–Crippen LogP) is 0.640. The van der Waals surface area contributed by atoms with Crippen LogP contribution in [0, 0.1) is 5.92 Å². The topological polar surface area (TPSA) is 79.3 Å². The fraction of sp³-hybridized carbons (Fsp3) is 0.857. The molecule has 0 aromatic rings. The van der Waals surface area contributed by atoms with Crippen LogP contribution in [0.1, 0.15) is 19.3 Å². The van der Waals surface area contributed by atoms with E-state index in [1.807, 2.05) is 4.90 Å². The van der Waals surface area contributed by atoms with Crippen LogP contribution in [0.25, 0.3) is 0 Å². The number of ether oxygens (including phenoxy) is 2. The maximum atomic E-state index is 12.5. The predicted molar refractivity (Wildman–Crippen MR) is 75.1 cm³/mol. The summed E-state index contributed by atoms with van der Waals surface area (Å²) in [7, 11) is 1.70. The minimum absolute atomic E-state index is 0.00422. The second-order valence-electron chi connectivity index (χ2n) is 5.71. The number of rotatable bonds is 4. The Bertz CT molecular complexity index is 368. The molecule has 2 heterocycles. The van der Waals surface area contributed by atoms with Gasteiger partial charge in [0.25, 0.3) is 0 Å². The molecule has 21 heavy (non-hydrogen) atoms. The molecule has 2 fully saturated rings. The van der Waals surface area contributed by atoms with E-state index in [0.29, 0.717) is 25.6 Å². The molecule has 7 heteroatoms. The third-order valence-corrected chi connectivity index (χ3v) is 4.10. The van der Waals surface area contributed by atoms with Crippen molar-refractivity contribution in [1.82, 2.24) is 9.80 Å². The number of morpholine rings is 1. The number of piperidine rings is 1. The quantitative estimate of drug-likeness (QED) is 0.824. The highest BCUT2D eigenvalue weighted by Gasteiger charge is 2.30. The second-order valence-corrected chi connectivity index (χ2v) is 5.71. The fourth-order valence-electron chi connectivity index (χ4n) is 2.94. The monoisotopic (exact) mass is 300 g/mol. The number of carbonyl (C=O) groups excluding carboxylic acids is 1. The summed E-state index contributed by atoms with van der Waals surface area (Å²) < 4.78 is 10.6. The molecular weight excluding hydrogens is 276 g/mol. The lowest BCUT2D eigenvalue weighted by Crippen LogP contribution is -2.53. The van der Waals surface area contributed by atoms with Gasteiger partial charge in [-0.15, -0.1) is 0 Å². The summed E-state index contributed by atoms with van der Waals surface area (Å²) in [6.45, 7) is 3.54. The van der Waals surface area contributed by atoms with E-state index >= 15 is 0 Å². The molecule has 0 radical (unpaired) electrons. The summed E-state index contributed by atoms with van der Waals surface area (Å²) in [4.78, 5) is 26.8. The van der Waals surface area contributed by atoms with Gasteiger partial charge in [0.1, 0.15) is 0 Å². The number of carboxylic acids is 1. The van der Waals surface area contributed by atoms with E-state index in [2.05, 4.69) is 0 Å². The van der Waals surface area contributed by atoms with Gasteiger partial charge in [-0.1, -0.05) is 0 Å². The maximum Gasteiger partial charge on any atom is 0.320 e. The van der Waals surface area contributed by atoms with Gasteiger partial charge >= 0.3 is 12.0 Å². The van der Waals surface area contributed by atoms with Gasteiger partial charge in [0.2, 0.25) is 0 Å². The molecule has 2 aliphatic heterocycles. The van der Waals surface area contributed by atoms with Gasteiger partial charge in [0, 0.05) is 39.9 Å². The van der Waals surface area contributed by atoms with Crippen LogP contribution >= 0.6 is 0 Å². The Labute approximate surface area is 124 Å². The molecule has 1 N–H and O–H groups in total. The van der Waals surface area contributed by atoms with E-state index in [1.165, 1.54) is 0 Å². The first-order chi connectivity index (χ1) is 10.1. The molecule has 2 aliphatic rings. The van der Waals surface area contributed by atoms with Crippen LogP contribution in [0.4, 0.5) is 4.79 Å². The Hall–Kier alpha value is -1.34. The van der Waals surface area contributed by atoms with Crippen LogP contribution in [-0.4, -0.2) is 79.5 Å². The highest BCUT2D eigenvalue weighted by Crippen LogP contribution is 2.19. The molecule has 120 valence electrons. The largest absolute Gasteiger partial charge is 0.481 e. The first kappa shape index (κ1) is 16.0. The lowest BCUT2D eigenvalue weighted by Gasteiger charge is -2.38. The molecule has 0 aliphatic carbocycles. The van der Waals surface area contributed by atoms with Gasteiger partial charge in [0.05, 0.1) is 19.1 Å². The van der Waals surface area contributed by atoms with E-state index in [-0.39, 0.29) is 12.5 Å². The van der Waals surface area contributed by atoms with Crippen molar-refractivity contribution in [3.8, 4) is 0 Å². The van der Waals surface area contributed by atoms with E-state index in [4.69, 9.17) is 14.6 Å². The molecule has 7 nitrogen and oxygen atoms in total. The zero-order chi connectivity index (χ0) is 15.2. The molecule has 0 aromatic heterocycles. The number of likely N-dealkylation sites (tertiary alicyclic amines) is 1. The Morgan fingerprint density at radius 3 is 2.57 bits per heavy atom. The van der Waals surface area contributed by atoms with Crippen molar-refractivity contribution in [3.63, 3.8) is 0 Å². The Morgan fingerprint density at radius 2 is 1.95 bits per heavy atom. The third kappa shape index (κ3) is 4.57. The lowest BCUT2D eigenvalue weighted by atomic mass is 9.98. The van der Waals surface area contributed by atoms with Crippen LogP contribution in [0.5, 0.6) is 0 Å². The van der Waals surface area contributed by atoms with E-state index < -0.39 is 12.1 Å². The molecule has 0 bridgehead atoms. The number of carbonyl (C=O) groups is 2. The molecule has 1 atom stereocenters. The Morgan fingerprint density at radius 1 is 1.24 bits per heavy atom.